The highest BCUT2D eigenvalue weighted by atomic mass is 35.5. The van der Waals surface area contributed by atoms with Crippen LogP contribution in [0.15, 0.2) is 12.4 Å². The molecule has 0 aromatic carbocycles. The number of hydrogen-bond acceptors (Lipinski definition) is 9. The fourth-order valence-corrected chi connectivity index (χ4v) is 4.94. The molecule has 3 heterocycles. The van der Waals surface area contributed by atoms with Gasteiger partial charge in [0.25, 0.3) is 0 Å². The van der Waals surface area contributed by atoms with Crippen LogP contribution in [-0.2, 0) is 19.7 Å². The lowest BCUT2D eigenvalue weighted by Gasteiger charge is -2.24. The van der Waals surface area contributed by atoms with E-state index in [-0.39, 0.29) is 29.1 Å². The van der Waals surface area contributed by atoms with E-state index in [0.29, 0.717) is 23.4 Å². The molecule has 1 saturated heterocycles. The molecule has 9 nitrogen and oxygen atoms in total. The van der Waals surface area contributed by atoms with Gasteiger partial charge in [-0.1, -0.05) is 11.6 Å². The highest BCUT2D eigenvalue weighted by Crippen LogP contribution is 2.48. The highest BCUT2D eigenvalue weighted by molar-refractivity contribution is 8.01. The molecule has 2 aromatic rings. The molecule has 2 aliphatic rings. The zero-order chi connectivity index (χ0) is 22.0. The van der Waals surface area contributed by atoms with E-state index in [2.05, 4.69) is 43.3 Å². The number of nitrogens with one attached hydrogen (secondary N) is 1. The van der Waals surface area contributed by atoms with E-state index < -0.39 is 0 Å². The summed E-state index contributed by atoms with van der Waals surface area (Å²) in [7, 11) is 3.38. The van der Waals surface area contributed by atoms with Crippen molar-refractivity contribution in [3.63, 3.8) is 0 Å². The molecule has 1 aliphatic carbocycles. The Balaban J connectivity index is 1.52. The predicted molar refractivity (Wildman–Crippen MR) is 119 cm³/mol. The van der Waals surface area contributed by atoms with Crippen LogP contribution in [0.25, 0.3) is 0 Å². The minimum absolute atomic E-state index is 0.0000986. The zero-order valence-electron chi connectivity index (χ0n) is 18.2. The first-order valence-electron chi connectivity index (χ1n) is 10.5. The molecule has 1 aliphatic heterocycles. The molecule has 4 unspecified atom stereocenters. The summed E-state index contributed by atoms with van der Waals surface area (Å²) in [6, 6.07) is 0. The molecule has 0 spiro atoms. The molecular formula is C20H29ClN6O3S. The molecule has 1 saturated carbocycles. The summed E-state index contributed by atoms with van der Waals surface area (Å²) < 4.78 is 22.9. The fourth-order valence-electron chi connectivity index (χ4n) is 4.06. The van der Waals surface area contributed by atoms with Gasteiger partial charge in [-0.15, -0.1) is 10.2 Å². The maximum absolute atomic E-state index is 6.11. The molecule has 2 fully saturated rings. The first kappa shape index (κ1) is 22.7. The van der Waals surface area contributed by atoms with Gasteiger partial charge in [-0.25, -0.2) is 9.97 Å². The van der Waals surface area contributed by atoms with Gasteiger partial charge >= 0.3 is 0 Å². The molecule has 0 amide bonds. The maximum Gasteiger partial charge on any atom is 0.235 e. The Bertz CT molecular complexity index is 878. The number of hydrogen-bond donors (Lipinski definition) is 1. The third-order valence-corrected chi connectivity index (χ3v) is 6.95. The minimum Gasteiger partial charge on any atom is -0.382 e. The molecular weight excluding hydrogens is 440 g/mol. The van der Waals surface area contributed by atoms with Crippen molar-refractivity contribution < 1.29 is 14.2 Å². The molecule has 4 atom stereocenters. The SMILES string of the molecule is COCC1(n2c(NSC(C)C(OC)c3ncc(Cl)cn3)nnc2C2CCC(C)O2)CC1. The van der Waals surface area contributed by atoms with Crippen molar-refractivity contribution in [2.45, 2.75) is 68.6 Å². The summed E-state index contributed by atoms with van der Waals surface area (Å²) in [5.41, 5.74) is -0.116. The minimum atomic E-state index is -0.307. The first-order chi connectivity index (χ1) is 15.0. The second kappa shape index (κ2) is 9.58. The smallest absolute Gasteiger partial charge is 0.235 e. The molecule has 31 heavy (non-hydrogen) atoms. The van der Waals surface area contributed by atoms with Gasteiger partial charge in [0.15, 0.2) is 11.6 Å². The van der Waals surface area contributed by atoms with Gasteiger partial charge in [-0.2, -0.15) is 0 Å². The lowest BCUT2D eigenvalue weighted by molar-refractivity contribution is 0.0443. The van der Waals surface area contributed by atoms with Crippen LogP contribution in [0, 0.1) is 0 Å². The quantitative estimate of drug-likeness (QED) is 0.520. The van der Waals surface area contributed by atoms with E-state index in [4.69, 9.17) is 25.8 Å². The average Bonchev–Trinajstić information content (AvgIpc) is 3.19. The van der Waals surface area contributed by atoms with Gasteiger partial charge in [0.05, 0.1) is 28.5 Å². The van der Waals surface area contributed by atoms with E-state index in [1.165, 1.54) is 11.9 Å². The average molecular weight is 469 g/mol. The number of nitrogens with zero attached hydrogens (tertiary/aromatic N) is 5. The predicted octanol–water partition coefficient (Wildman–Crippen LogP) is 3.93. The number of aromatic nitrogens is 5. The molecule has 1 N–H and O–H groups in total. The Morgan fingerprint density at radius 3 is 2.61 bits per heavy atom. The third-order valence-electron chi connectivity index (χ3n) is 5.83. The van der Waals surface area contributed by atoms with Crippen molar-refractivity contribution in [3.8, 4) is 0 Å². The molecule has 11 heteroatoms. The fraction of sp³-hybridized carbons (Fsp3) is 0.700. The van der Waals surface area contributed by atoms with Gasteiger partial charge in [-0.3, -0.25) is 9.29 Å². The number of halogens is 1. The van der Waals surface area contributed by atoms with Gasteiger partial charge < -0.3 is 14.2 Å². The Hall–Kier alpha value is -1.46. The van der Waals surface area contributed by atoms with Crippen LogP contribution >= 0.6 is 23.5 Å². The standard InChI is InChI=1S/C20H29ClN6O3S/c1-12-5-6-15(30-12)18-24-25-19(27(18)20(7-8-20)11-28-3)26-31-13(2)16(29-4)17-22-9-14(21)10-23-17/h9-10,12-13,15-16H,5-8,11H2,1-4H3,(H,25,26). The first-order valence-corrected chi connectivity index (χ1v) is 11.8. The van der Waals surface area contributed by atoms with Gasteiger partial charge in [0.1, 0.15) is 12.2 Å². The Kier molecular flexibility index (Phi) is 7.02. The molecule has 0 bridgehead atoms. The van der Waals surface area contributed by atoms with Crippen LogP contribution in [-0.4, -0.2) is 56.9 Å². The lowest BCUT2D eigenvalue weighted by Crippen LogP contribution is -2.28. The van der Waals surface area contributed by atoms with Crippen molar-refractivity contribution in [1.82, 2.24) is 24.7 Å². The second-order valence-corrected chi connectivity index (χ2v) is 9.85. The van der Waals surface area contributed by atoms with Crippen LogP contribution in [0.5, 0.6) is 0 Å². The van der Waals surface area contributed by atoms with Crippen molar-refractivity contribution in [2.75, 3.05) is 25.5 Å². The van der Waals surface area contributed by atoms with E-state index in [0.717, 1.165) is 31.5 Å². The van der Waals surface area contributed by atoms with Gasteiger partial charge in [0.2, 0.25) is 5.95 Å². The van der Waals surface area contributed by atoms with Crippen LogP contribution in [0.1, 0.15) is 63.4 Å². The van der Waals surface area contributed by atoms with Crippen LogP contribution in [0.4, 0.5) is 5.95 Å². The molecule has 170 valence electrons. The summed E-state index contributed by atoms with van der Waals surface area (Å²) in [5, 5.41) is 9.48. The lowest BCUT2D eigenvalue weighted by atomic mass is 10.2. The zero-order valence-corrected chi connectivity index (χ0v) is 19.8. The van der Waals surface area contributed by atoms with E-state index in [1.54, 1.807) is 26.6 Å². The summed E-state index contributed by atoms with van der Waals surface area (Å²) in [5.74, 6) is 2.16. The van der Waals surface area contributed by atoms with E-state index >= 15 is 0 Å². The third kappa shape index (κ3) is 4.83. The van der Waals surface area contributed by atoms with Gasteiger partial charge in [-0.05, 0) is 51.5 Å². The molecule has 4 rings (SSSR count). The number of methoxy groups -OCH3 is 2. The summed E-state index contributed by atoms with van der Waals surface area (Å²) >= 11 is 7.42. The normalized spacial score (nSPS) is 24.2. The van der Waals surface area contributed by atoms with Crippen molar-refractivity contribution in [3.05, 3.63) is 29.1 Å². The number of rotatable bonds is 10. The monoisotopic (exact) mass is 468 g/mol. The van der Waals surface area contributed by atoms with Crippen molar-refractivity contribution in [2.24, 2.45) is 0 Å². The summed E-state index contributed by atoms with van der Waals surface area (Å²) in [4.78, 5) is 8.61. The van der Waals surface area contributed by atoms with Crippen molar-refractivity contribution >= 4 is 29.5 Å². The molecule has 2 aromatic heterocycles. The summed E-state index contributed by atoms with van der Waals surface area (Å²) in [6.07, 6.45) is 7.08. The topological polar surface area (TPSA) is 96.2 Å². The maximum atomic E-state index is 6.11. The van der Waals surface area contributed by atoms with E-state index in [1.807, 2.05) is 0 Å². The Morgan fingerprint density at radius 1 is 1.29 bits per heavy atom. The largest absolute Gasteiger partial charge is 0.382 e. The van der Waals surface area contributed by atoms with Crippen LogP contribution in [0.3, 0.4) is 0 Å². The second-order valence-electron chi connectivity index (χ2n) is 8.23. The number of ether oxygens (including phenoxy) is 3. The van der Waals surface area contributed by atoms with Gasteiger partial charge in [0, 0.05) is 26.6 Å². The van der Waals surface area contributed by atoms with Crippen LogP contribution in [0.2, 0.25) is 5.02 Å². The van der Waals surface area contributed by atoms with E-state index in [9.17, 15) is 0 Å². The molecule has 0 radical (unpaired) electrons. The number of anilines is 1. The van der Waals surface area contributed by atoms with Crippen LogP contribution < -0.4 is 4.72 Å². The summed E-state index contributed by atoms with van der Waals surface area (Å²) in [6.45, 7) is 4.77. The Labute approximate surface area is 191 Å². The van der Waals surface area contributed by atoms with Crippen molar-refractivity contribution in [1.29, 1.82) is 0 Å². The highest BCUT2D eigenvalue weighted by Gasteiger charge is 2.49. The Morgan fingerprint density at radius 2 is 2.03 bits per heavy atom.